The van der Waals surface area contributed by atoms with Crippen LogP contribution in [0.2, 0.25) is 0 Å². The van der Waals surface area contributed by atoms with Crippen LogP contribution in [0.1, 0.15) is 19.8 Å². The summed E-state index contributed by atoms with van der Waals surface area (Å²) < 4.78 is 4.67. The van der Waals surface area contributed by atoms with E-state index in [1.165, 1.54) is 0 Å². The van der Waals surface area contributed by atoms with E-state index in [0.717, 1.165) is 0 Å². The third kappa shape index (κ3) is 7.27. The van der Waals surface area contributed by atoms with E-state index >= 15 is 0 Å². The Bertz CT molecular complexity index is 153. The number of nitrogens with one attached hydrogen (secondary N) is 1. The number of carbonyl (C=O) groups is 2. The molecule has 0 saturated heterocycles. The first kappa shape index (κ1) is 11.9. The lowest BCUT2D eigenvalue weighted by Gasteiger charge is -2.03. The van der Waals surface area contributed by atoms with E-state index in [2.05, 4.69) is 10.1 Å². The number of esters is 1. The fraction of sp³-hybridized carbons (Fsp3) is 0.750. The third-order valence-electron chi connectivity index (χ3n) is 1.33. The van der Waals surface area contributed by atoms with Gasteiger partial charge in [-0.2, -0.15) is 0 Å². The van der Waals surface area contributed by atoms with E-state index in [4.69, 9.17) is 5.73 Å². The lowest BCUT2D eigenvalue weighted by molar-refractivity contribution is -0.143. The second-order valence-corrected chi connectivity index (χ2v) is 2.44. The largest absolute Gasteiger partial charge is 0.466 e. The van der Waals surface area contributed by atoms with Crippen LogP contribution in [0.15, 0.2) is 0 Å². The fourth-order valence-electron chi connectivity index (χ4n) is 0.757. The van der Waals surface area contributed by atoms with Gasteiger partial charge < -0.3 is 15.8 Å². The summed E-state index contributed by atoms with van der Waals surface area (Å²) in [6.45, 7) is 2.75. The summed E-state index contributed by atoms with van der Waals surface area (Å²) in [6.07, 6.45) is 0.507. The molecule has 0 radical (unpaired) electrons. The van der Waals surface area contributed by atoms with Crippen molar-refractivity contribution in [3.8, 4) is 0 Å². The highest BCUT2D eigenvalue weighted by molar-refractivity contribution is 5.77. The molecule has 0 saturated carbocycles. The van der Waals surface area contributed by atoms with Crippen LogP contribution < -0.4 is 11.1 Å². The zero-order chi connectivity index (χ0) is 10.1. The minimum absolute atomic E-state index is 0.133. The molecule has 76 valence electrons. The molecule has 0 unspecified atom stereocenters. The van der Waals surface area contributed by atoms with Crippen molar-refractivity contribution >= 4 is 11.9 Å². The Morgan fingerprint density at radius 1 is 1.38 bits per heavy atom. The normalized spacial score (nSPS) is 9.38. The van der Waals surface area contributed by atoms with Crippen molar-refractivity contribution in [1.82, 2.24) is 5.32 Å². The van der Waals surface area contributed by atoms with Gasteiger partial charge in [-0.05, 0) is 6.92 Å². The monoisotopic (exact) mass is 188 g/mol. The zero-order valence-electron chi connectivity index (χ0n) is 7.84. The molecule has 0 bridgehead atoms. The molecule has 0 fully saturated rings. The highest BCUT2D eigenvalue weighted by Crippen LogP contribution is 1.84. The standard InChI is InChI=1S/C8H16N2O3/c1-2-13-8(12)4-6-10-7(11)3-5-9/h2-6,9H2,1H3,(H,10,11). The van der Waals surface area contributed by atoms with Crippen molar-refractivity contribution in [3.63, 3.8) is 0 Å². The van der Waals surface area contributed by atoms with Crippen LogP contribution in [0.3, 0.4) is 0 Å². The summed E-state index contributed by atoms with van der Waals surface area (Å²) >= 11 is 0. The molecule has 5 heteroatoms. The second kappa shape index (κ2) is 7.54. The average Bonchev–Trinajstić information content (AvgIpc) is 2.05. The fourth-order valence-corrected chi connectivity index (χ4v) is 0.757. The third-order valence-corrected chi connectivity index (χ3v) is 1.33. The summed E-state index contributed by atoms with van der Waals surface area (Å²) in [6, 6.07) is 0. The van der Waals surface area contributed by atoms with Gasteiger partial charge in [0.15, 0.2) is 0 Å². The molecule has 0 atom stereocenters. The van der Waals surface area contributed by atoms with Crippen LogP contribution in [0.4, 0.5) is 0 Å². The number of nitrogens with two attached hydrogens (primary N) is 1. The Morgan fingerprint density at radius 2 is 2.08 bits per heavy atom. The first-order valence-electron chi connectivity index (χ1n) is 4.33. The highest BCUT2D eigenvalue weighted by Gasteiger charge is 2.02. The predicted octanol–water partition coefficient (Wildman–Crippen LogP) is -0.595. The smallest absolute Gasteiger partial charge is 0.307 e. The van der Waals surface area contributed by atoms with Crippen molar-refractivity contribution in [3.05, 3.63) is 0 Å². The van der Waals surface area contributed by atoms with Gasteiger partial charge in [-0.25, -0.2) is 0 Å². The van der Waals surface area contributed by atoms with Gasteiger partial charge in [0.2, 0.25) is 5.91 Å². The van der Waals surface area contributed by atoms with Crippen LogP contribution in [0.5, 0.6) is 0 Å². The van der Waals surface area contributed by atoms with Crippen LogP contribution >= 0.6 is 0 Å². The molecule has 0 rings (SSSR count). The number of carbonyl (C=O) groups excluding carboxylic acids is 2. The van der Waals surface area contributed by atoms with Crippen LogP contribution in [-0.2, 0) is 14.3 Å². The lowest BCUT2D eigenvalue weighted by Crippen LogP contribution is -2.28. The molecule has 0 aromatic heterocycles. The van der Waals surface area contributed by atoms with E-state index in [9.17, 15) is 9.59 Å². The molecule has 0 aliphatic carbocycles. The minimum Gasteiger partial charge on any atom is -0.466 e. The van der Waals surface area contributed by atoms with Crippen LogP contribution in [0.25, 0.3) is 0 Å². The minimum atomic E-state index is -0.296. The number of hydrogen-bond donors (Lipinski definition) is 2. The molecular formula is C8H16N2O3. The first-order chi connectivity index (χ1) is 6.20. The van der Waals surface area contributed by atoms with Crippen molar-refractivity contribution in [2.45, 2.75) is 19.8 Å². The first-order valence-corrected chi connectivity index (χ1v) is 4.33. The zero-order valence-corrected chi connectivity index (χ0v) is 7.84. The van der Waals surface area contributed by atoms with E-state index in [1.807, 2.05) is 0 Å². The number of rotatable bonds is 6. The number of amides is 1. The quantitative estimate of drug-likeness (QED) is 0.545. The predicted molar refractivity (Wildman–Crippen MR) is 47.9 cm³/mol. The Hall–Kier alpha value is -1.10. The molecule has 5 nitrogen and oxygen atoms in total. The molecule has 0 heterocycles. The van der Waals surface area contributed by atoms with Crippen molar-refractivity contribution in [2.24, 2.45) is 5.73 Å². The lowest BCUT2D eigenvalue weighted by atomic mass is 10.3. The molecule has 0 aliphatic heterocycles. The Morgan fingerprint density at radius 3 is 2.62 bits per heavy atom. The van der Waals surface area contributed by atoms with Gasteiger partial charge in [0.1, 0.15) is 0 Å². The summed E-state index contributed by atoms with van der Waals surface area (Å²) in [5, 5.41) is 2.55. The average molecular weight is 188 g/mol. The summed E-state index contributed by atoms with van der Waals surface area (Å²) in [5.74, 6) is -0.428. The Balaban J connectivity index is 3.33. The van der Waals surface area contributed by atoms with Gasteiger partial charge in [0.05, 0.1) is 13.0 Å². The van der Waals surface area contributed by atoms with Crippen LogP contribution in [0, 0.1) is 0 Å². The van der Waals surface area contributed by atoms with Crippen molar-refractivity contribution < 1.29 is 14.3 Å². The molecular weight excluding hydrogens is 172 g/mol. The maximum absolute atomic E-state index is 10.8. The number of hydrogen-bond acceptors (Lipinski definition) is 4. The molecule has 0 spiro atoms. The molecule has 0 aromatic carbocycles. The van der Waals surface area contributed by atoms with E-state index in [-0.39, 0.29) is 18.3 Å². The van der Waals surface area contributed by atoms with Gasteiger partial charge in [-0.15, -0.1) is 0 Å². The molecule has 1 amide bonds. The summed E-state index contributed by atoms with van der Waals surface area (Å²) in [7, 11) is 0. The van der Waals surface area contributed by atoms with Gasteiger partial charge in [0.25, 0.3) is 0 Å². The Kier molecular flexibility index (Phi) is 6.91. The highest BCUT2D eigenvalue weighted by atomic mass is 16.5. The second-order valence-electron chi connectivity index (χ2n) is 2.44. The summed E-state index contributed by atoms with van der Waals surface area (Å²) in [4.78, 5) is 21.6. The van der Waals surface area contributed by atoms with Gasteiger partial charge >= 0.3 is 5.97 Å². The van der Waals surface area contributed by atoms with E-state index in [1.54, 1.807) is 6.92 Å². The molecule has 3 N–H and O–H groups in total. The maximum atomic E-state index is 10.8. The molecule has 13 heavy (non-hydrogen) atoms. The van der Waals surface area contributed by atoms with E-state index < -0.39 is 0 Å². The molecule has 0 aromatic rings. The van der Waals surface area contributed by atoms with Gasteiger partial charge in [-0.1, -0.05) is 0 Å². The van der Waals surface area contributed by atoms with Crippen LogP contribution in [-0.4, -0.2) is 31.6 Å². The summed E-state index contributed by atoms with van der Waals surface area (Å²) in [5.41, 5.74) is 5.16. The SMILES string of the molecule is CCOC(=O)CCNC(=O)CCN. The number of ether oxygens (including phenoxy) is 1. The van der Waals surface area contributed by atoms with Crippen molar-refractivity contribution in [1.29, 1.82) is 0 Å². The van der Waals surface area contributed by atoms with Gasteiger partial charge in [0, 0.05) is 19.5 Å². The van der Waals surface area contributed by atoms with Gasteiger partial charge in [-0.3, -0.25) is 9.59 Å². The van der Waals surface area contributed by atoms with Crippen molar-refractivity contribution in [2.75, 3.05) is 19.7 Å². The maximum Gasteiger partial charge on any atom is 0.307 e. The Labute approximate surface area is 77.6 Å². The van der Waals surface area contributed by atoms with E-state index in [0.29, 0.717) is 26.1 Å². The molecule has 0 aliphatic rings. The topological polar surface area (TPSA) is 81.4 Å².